The Bertz CT molecular complexity index is 581. The molecule has 0 fully saturated rings. The average molecular weight is 297 g/mol. The fourth-order valence-electron chi connectivity index (χ4n) is 1.86. The van der Waals surface area contributed by atoms with E-state index in [1.54, 1.807) is 11.3 Å². The molecule has 2 rings (SSSR count). The van der Waals surface area contributed by atoms with Gasteiger partial charge in [-0.05, 0) is 44.5 Å². The maximum Gasteiger partial charge on any atom is 0.140 e. The molecule has 5 heteroatoms. The standard InChI is InChI=1S/C14H17ClN2OS/c1-8-6-11(15)4-5-12(8)18-7-13-17-10(3)14(19-13)9(2)16/h4-6,9H,7,16H2,1-3H3. The number of ether oxygens (including phenoxy) is 1. The molecule has 19 heavy (non-hydrogen) atoms. The first-order valence-corrected chi connectivity index (χ1v) is 7.27. The fourth-order valence-corrected chi connectivity index (χ4v) is 3.02. The number of hydrogen-bond donors (Lipinski definition) is 1. The minimum absolute atomic E-state index is 0.0171. The summed E-state index contributed by atoms with van der Waals surface area (Å²) in [5.74, 6) is 0.833. The van der Waals surface area contributed by atoms with Crippen LogP contribution in [0.2, 0.25) is 5.02 Å². The van der Waals surface area contributed by atoms with E-state index >= 15 is 0 Å². The molecule has 0 aliphatic carbocycles. The maximum atomic E-state index is 5.91. The minimum atomic E-state index is 0.0171. The lowest BCUT2D eigenvalue weighted by Crippen LogP contribution is -2.03. The number of aryl methyl sites for hydroxylation is 2. The molecular formula is C14H17ClN2OS. The molecule has 2 N–H and O–H groups in total. The van der Waals surface area contributed by atoms with Crippen LogP contribution in [0.15, 0.2) is 18.2 Å². The summed E-state index contributed by atoms with van der Waals surface area (Å²) >= 11 is 7.52. The van der Waals surface area contributed by atoms with Crippen molar-refractivity contribution in [3.05, 3.63) is 44.4 Å². The molecule has 0 saturated heterocycles. The monoisotopic (exact) mass is 296 g/mol. The molecule has 1 aromatic heterocycles. The third-order valence-electron chi connectivity index (χ3n) is 2.78. The molecule has 0 radical (unpaired) electrons. The van der Waals surface area contributed by atoms with Crippen molar-refractivity contribution in [2.24, 2.45) is 5.73 Å². The van der Waals surface area contributed by atoms with E-state index < -0.39 is 0 Å². The molecule has 0 saturated carbocycles. The van der Waals surface area contributed by atoms with Crippen LogP contribution in [-0.2, 0) is 6.61 Å². The van der Waals surface area contributed by atoms with Crippen LogP contribution in [0.4, 0.5) is 0 Å². The van der Waals surface area contributed by atoms with E-state index in [2.05, 4.69) is 4.98 Å². The van der Waals surface area contributed by atoms with Crippen molar-refractivity contribution in [1.82, 2.24) is 4.98 Å². The number of aromatic nitrogens is 1. The van der Waals surface area contributed by atoms with Gasteiger partial charge in [0.2, 0.25) is 0 Å². The third-order valence-corrected chi connectivity index (χ3v) is 4.35. The van der Waals surface area contributed by atoms with E-state index in [4.69, 9.17) is 22.1 Å². The summed E-state index contributed by atoms with van der Waals surface area (Å²) in [6.07, 6.45) is 0. The van der Waals surface area contributed by atoms with Gasteiger partial charge in [-0.25, -0.2) is 4.98 Å². The molecular weight excluding hydrogens is 280 g/mol. The van der Waals surface area contributed by atoms with Crippen molar-refractivity contribution in [1.29, 1.82) is 0 Å². The van der Waals surface area contributed by atoms with Gasteiger partial charge in [0.25, 0.3) is 0 Å². The van der Waals surface area contributed by atoms with Gasteiger partial charge in [0, 0.05) is 15.9 Å². The predicted octanol–water partition coefficient (Wildman–Crippen LogP) is 4.01. The number of hydrogen-bond acceptors (Lipinski definition) is 4. The van der Waals surface area contributed by atoms with E-state index in [0.29, 0.717) is 11.6 Å². The summed E-state index contributed by atoms with van der Waals surface area (Å²) < 4.78 is 5.77. The molecule has 3 nitrogen and oxygen atoms in total. The Labute approximate surface area is 122 Å². The van der Waals surface area contributed by atoms with Gasteiger partial charge in [0.05, 0.1) is 5.69 Å². The lowest BCUT2D eigenvalue weighted by atomic mass is 10.2. The van der Waals surface area contributed by atoms with Crippen LogP contribution in [-0.4, -0.2) is 4.98 Å². The highest BCUT2D eigenvalue weighted by Crippen LogP contribution is 2.26. The molecule has 1 heterocycles. The van der Waals surface area contributed by atoms with Gasteiger partial charge in [-0.3, -0.25) is 0 Å². The molecule has 1 atom stereocenters. The molecule has 1 aromatic carbocycles. The smallest absolute Gasteiger partial charge is 0.140 e. The number of rotatable bonds is 4. The van der Waals surface area contributed by atoms with E-state index in [1.165, 1.54) is 0 Å². The van der Waals surface area contributed by atoms with Crippen LogP contribution >= 0.6 is 22.9 Å². The first kappa shape index (κ1) is 14.3. The Balaban J connectivity index is 2.08. The molecule has 0 spiro atoms. The van der Waals surface area contributed by atoms with Crippen LogP contribution in [0.1, 0.15) is 34.1 Å². The quantitative estimate of drug-likeness (QED) is 0.927. The van der Waals surface area contributed by atoms with Crippen molar-refractivity contribution >= 4 is 22.9 Å². The molecule has 0 aliphatic rings. The molecule has 102 valence electrons. The van der Waals surface area contributed by atoms with Crippen molar-refractivity contribution in [3.8, 4) is 5.75 Å². The highest BCUT2D eigenvalue weighted by atomic mass is 35.5. The summed E-state index contributed by atoms with van der Waals surface area (Å²) in [7, 11) is 0. The van der Waals surface area contributed by atoms with Crippen molar-refractivity contribution in [2.45, 2.75) is 33.4 Å². The van der Waals surface area contributed by atoms with E-state index in [-0.39, 0.29) is 6.04 Å². The first-order chi connectivity index (χ1) is 8.97. The summed E-state index contributed by atoms with van der Waals surface area (Å²) in [6.45, 7) is 6.38. The van der Waals surface area contributed by atoms with Crippen LogP contribution < -0.4 is 10.5 Å². The number of benzene rings is 1. The zero-order valence-electron chi connectivity index (χ0n) is 11.2. The van der Waals surface area contributed by atoms with E-state index in [0.717, 1.165) is 26.9 Å². The van der Waals surface area contributed by atoms with Crippen molar-refractivity contribution in [3.63, 3.8) is 0 Å². The second kappa shape index (κ2) is 5.90. The van der Waals surface area contributed by atoms with Crippen LogP contribution in [0, 0.1) is 13.8 Å². The molecule has 1 unspecified atom stereocenters. The van der Waals surface area contributed by atoms with E-state index in [9.17, 15) is 0 Å². The van der Waals surface area contributed by atoms with Crippen molar-refractivity contribution in [2.75, 3.05) is 0 Å². The number of nitrogens with two attached hydrogens (primary N) is 1. The average Bonchev–Trinajstić information content (AvgIpc) is 2.69. The zero-order valence-corrected chi connectivity index (χ0v) is 12.8. The SMILES string of the molecule is Cc1cc(Cl)ccc1OCc1nc(C)c(C(C)N)s1. The second-order valence-corrected chi connectivity index (χ2v) is 6.10. The third kappa shape index (κ3) is 3.47. The van der Waals surface area contributed by atoms with Crippen LogP contribution in [0.3, 0.4) is 0 Å². The number of thiazole rings is 1. The minimum Gasteiger partial charge on any atom is -0.486 e. The summed E-state index contributed by atoms with van der Waals surface area (Å²) in [6, 6.07) is 5.61. The summed E-state index contributed by atoms with van der Waals surface area (Å²) in [4.78, 5) is 5.60. The maximum absolute atomic E-state index is 5.91. The lowest BCUT2D eigenvalue weighted by molar-refractivity contribution is 0.303. The Kier molecular flexibility index (Phi) is 4.45. The Hall–Kier alpha value is -1.10. The highest BCUT2D eigenvalue weighted by molar-refractivity contribution is 7.11. The van der Waals surface area contributed by atoms with Crippen LogP contribution in [0.5, 0.6) is 5.75 Å². The van der Waals surface area contributed by atoms with Gasteiger partial charge in [0.15, 0.2) is 0 Å². The predicted molar refractivity (Wildman–Crippen MR) is 80.0 cm³/mol. The van der Waals surface area contributed by atoms with Gasteiger partial charge in [0.1, 0.15) is 17.4 Å². The van der Waals surface area contributed by atoms with Gasteiger partial charge < -0.3 is 10.5 Å². The molecule has 0 aliphatic heterocycles. The molecule has 0 bridgehead atoms. The Morgan fingerprint density at radius 2 is 2.16 bits per heavy atom. The Morgan fingerprint density at radius 1 is 1.42 bits per heavy atom. The van der Waals surface area contributed by atoms with Crippen LogP contribution in [0.25, 0.3) is 0 Å². The first-order valence-electron chi connectivity index (χ1n) is 6.08. The zero-order chi connectivity index (χ0) is 14.0. The van der Waals surface area contributed by atoms with Gasteiger partial charge >= 0.3 is 0 Å². The second-order valence-electron chi connectivity index (χ2n) is 4.54. The summed E-state index contributed by atoms with van der Waals surface area (Å²) in [5.41, 5.74) is 7.90. The van der Waals surface area contributed by atoms with E-state index in [1.807, 2.05) is 39.0 Å². The topological polar surface area (TPSA) is 48.1 Å². The molecule has 2 aromatic rings. The largest absolute Gasteiger partial charge is 0.486 e. The highest BCUT2D eigenvalue weighted by Gasteiger charge is 2.11. The summed E-state index contributed by atoms with van der Waals surface area (Å²) in [5, 5.41) is 1.66. The lowest BCUT2D eigenvalue weighted by Gasteiger charge is -2.07. The number of nitrogens with zero attached hydrogens (tertiary/aromatic N) is 1. The van der Waals surface area contributed by atoms with Gasteiger partial charge in [-0.2, -0.15) is 0 Å². The normalized spacial score (nSPS) is 12.5. The Morgan fingerprint density at radius 3 is 2.74 bits per heavy atom. The van der Waals surface area contributed by atoms with Gasteiger partial charge in [-0.15, -0.1) is 11.3 Å². The fraction of sp³-hybridized carbons (Fsp3) is 0.357. The van der Waals surface area contributed by atoms with Crippen molar-refractivity contribution < 1.29 is 4.74 Å². The molecule has 0 amide bonds. The van der Waals surface area contributed by atoms with Gasteiger partial charge in [-0.1, -0.05) is 11.6 Å². The number of halogens is 1.